The van der Waals surface area contributed by atoms with E-state index in [9.17, 15) is 4.79 Å². The van der Waals surface area contributed by atoms with Gasteiger partial charge in [-0.2, -0.15) is 0 Å². The third-order valence-corrected chi connectivity index (χ3v) is 3.37. The van der Waals surface area contributed by atoms with Gasteiger partial charge in [-0.15, -0.1) is 0 Å². The Bertz CT molecular complexity index is 267. The minimum atomic E-state index is -0.136. The average molecular weight is 256 g/mol. The van der Waals surface area contributed by atoms with Gasteiger partial charge >= 0.3 is 0 Å². The summed E-state index contributed by atoms with van der Waals surface area (Å²) < 4.78 is 5.74. The zero-order chi connectivity index (χ0) is 13.7. The highest BCUT2D eigenvalue weighted by Gasteiger charge is 2.27. The number of carbonyl (C=O) groups excluding carboxylic acids is 1. The lowest BCUT2D eigenvalue weighted by molar-refractivity contribution is -0.123. The third-order valence-electron chi connectivity index (χ3n) is 3.37. The number of amides is 1. The van der Waals surface area contributed by atoms with Crippen LogP contribution in [0.4, 0.5) is 0 Å². The van der Waals surface area contributed by atoms with Gasteiger partial charge in [-0.05, 0) is 39.5 Å². The summed E-state index contributed by atoms with van der Waals surface area (Å²) in [4.78, 5) is 11.8. The van der Waals surface area contributed by atoms with Crippen molar-refractivity contribution < 1.29 is 9.53 Å². The van der Waals surface area contributed by atoms with Gasteiger partial charge in [0.2, 0.25) is 5.91 Å². The molecular weight excluding hydrogens is 228 g/mol. The quantitative estimate of drug-likeness (QED) is 0.787. The number of nitrogens with one attached hydrogen (secondary N) is 2. The molecule has 1 amide bonds. The van der Waals surface area contributed by atoms with E-state index >= 15 is 0 Å². The number of carbonyl (C=O) groups is 1. The topological polar surface area (TPSA) is 50.4 Å². The first-order valence-electron chi connectivity index (χ1n) is 7.08. The van der Waals surface area contributed by atoms with Gasteiger partial charge < -0.3 is 15.4 Å². The number of hydrogen-bond acceptors (Lipinski definition) is 3. The van der Waals surface area contributed by atoms with Crippen LogP contribution in [0.1, 0.15) is 47.5 Å². The molecule has 3 unspecified atom stereocenters. The van der Waals surface area contributed by atoms with Gasteiger partial charge in [0.1, 0.15) is 0 Å². The molecule has 18 heavy (non-hydrogen) atoms. The summed E-state index contributed by atoms with van der Waals surface area (Å²) in [6.07, 6.45) is 2.30. The molecule has 0 aromatic carbocycles. The smallest absolute Gasteiger partial charge is 0.237 e. The molecule has 1 aliphatic rings. The maximum Gasteiger partial charge on any atom is 0.237 e. The molecule has 2 N–H and O–H groups in total. The normalized spacial score (nSPS) is 26.4. The van der Waals surface area contributed by atoms with Crippen LogP contribution in [-0.2, 0) is 9.53 Å². The summed E-state index contributed by atoms with van der Waals surface area (Å²) in [6, 6.07) is 0.447. The molecule has 4 nitrogen and oxygen atoms in total. The fourth-order valence-electron chi connectivity index (χ4n) is 2.28. The molecule has 1 saturated heterocycles. The summed E-state index contributed by atoms with van der Waals surface area (Å²) in [5.41, 5.74) is 0. The Hall–Kier alpha value is -0.610. The average Bonchev–Trinajstić information content (AvgIpc) is 2.28. The van der Waals surface area contributed by atoms with Gasteiger partial charge in [-0.25, -0.2) is 0 Å². The van der Waals surface area contributed by atoms with E-state index in [0.717, 1.165) is 19.4 Å². The molecule has 3 atom stereocenters. The van der Waals surface area contributed by atoms with Crippen LogP contribution in [0.5, 0.6) is 0 Å². The van der Waals surface area contributed by atoms with Crippen LogP contribution in [0.3, 0.4) is 0 Å². The van der Waals surface area contributed by atoms with Crippen molar-refractivity contribution >= 4 is 5.91 Å². The minimum absolute atomic E-state index is 0.0811. The van der Waals surface area contributed by atoms with Crippen LogP contribution in [0, 0.1) is 5.92 Å². The van der Waals surface area contributed by atoms with Gasteiger partial charge in [0, 0.05) is 18.7 Å². The Morgan fingerprint density at radius 1 is 1.22 bits per heavy atom. The van der Waals surface area contributed by atoms with E-state index in [2.05, 4.69) is 24.5 Å². The Balaban J connectivity index is 2.39. The molecule has 1 heterocycles. The summed E-state index contributed by atoms with van der Waals surface area (Å²) >= 11 is 0. The molecule has 106 valence electrons. The lowest BCUT2D eigenvalue weighted by atomic mass is 9.95. The summed E-state index contributed by atoms with van der Waals surface area (Å²) in [5, 5.41) is 6.35. The van der Waals surface area contributed by atoms with Crippen LogP contribution < -0.4 is 10.6 Å². The van der Waals surface area contributed by atoms with Crippen LogP contribution in [0.2, 0.25) is 0 Å². The van der Waals surface area contributed by atoms with Gasteiger partial charge in [-0.1, -0.05) is 13.8 Å². The van der Waals surface area contributed by atoms with E-state index in [1.807, 2.05) is 20.8 Å². The monoisotopic (exact) mass is 256 g/mol. The van der Waals surface area contributed by atoms with Gasteiger partial charge in [0.15, 0.2) is 0 Å². The standard InChI is InChI=1S/C14H28N2O2/c1-9(2)13-8-12(6-7-18-13)16-11(5)14(17)15-10(3)4/h9-13,16H,6-8H2,1-5H3,(H,15,17). The van der Waals surface area contributed by atoms with Crippen molar-refractivity contribution in [1.82, 2.24) is 10.6 Å². The highest BCUT2D eigenvalue weighted by atomic mass is 16.5. The molecule has 0 spiro atoms. The molecule has 4 heteroatoms. The van der Waals surface area contributed by atoms with Crippen molar-refractivity contribution in [3.8, 4) is 0 Å². The van der Waals surface area contributed by atoms with Crippen molar-refractivity contribution in [3.63, 3.8) is 0 Å². The minimum Gasteiger partial charge on any atom is -0.378 e. The first-order valence-corrected chi connectivity index (χ1v) is 7.08. The third kappa shape index (κ3) is 4.94. The fourth-order valence-corrected chi connectivity index (χ4v) is 2.28. The number of hydrogen-bond donors (Lipinski definition) is 2. The van der Waals surface area contributed by atoms with Crippen LogP contribution >= 0.6 is 0 Å². The summed E-state index contributed by atoms with van der Waals surface area (Å²) in [7, 11) is 0. The predicted molar refractivity (Wildman–Crippen MR) is 73.5 cm³/mol. The molecule has 0 bridgehead atoms. The SMILES string of the molecule is CC(C)NC(=O)C(C)NC1CCOC(C(C)C)C1. The van der Waals surface area contributed by atoms with E-state index in [0.29, 0.717) is 18.1 Å². The second-order valence-electron chi connectivity index (χ2n) is 5.93. The Morgan fingerprint density at radius 3 is 2.44 bits per heavy atom. The fraction of sp³-hybridized carbons (Fsp3) is 0.929. The van der Waals surface area contributed by atoms with Crippen molar-refractivity contribution in [2.24, 2.45) is 5.92 Å². The van der Waals surface area contributed by atoms with Gasteiger partial charge in [0.25, 0.3) is 0 Å². The van der Waals surface area contributed by atoms with E-state index in [-0.39, 0.29) is 18.0 Å². The van der Waals surface area contributed by atoms with Crippen LogP contribution in [0.25, 0.3) is 0 Å². The Morgan fingerprint density at radius 2 is 1.89 bits per heavy atom. The Kier molecular flexibility index (Phi) is 6.09. The lowest BCUT2D eigenvalue weighted by Crippen LogP contribution is -2.51. The maximum atomic E-state index is 11.8. The van der Waals surface area contributed by atoms with E-state index in [1.165, 1.54) is 0 Å². The summed E-state index contributed by atoms with van der Waals surface area (Å²) in [5.74, 6) is 0.618. The summed E-state index contributed by atoms with van der Waals surface area (Å²) in [6.45, 7) is 11.0. The van der Waals surface area contributed by atoms with E-state index in [1.54, 1.807) is 0 Å². The van der Waals surface area contributed by atoms with Crippen molar-refractivity contribution in [2.75, 3.05) is 6.61 Å². The molecule has 1 aliphatic heterocycles. The van der Waals surface area contributed by atoms with Crippen molar-refractivity contribution in [2.45, 2.75) is 71.7 Å². The van der Waals surface area contributed by atoms with Gasteiger partial charge in [0.05, 0.1) is 12.1 Å². The number of ether oxygens (including phenoxy) is 1. The largest absolute Gasteiger partial charge is 0.378 e. The van der Waals surface area contributed by atoms with E-state index in [4.69, 9.17) is 4.74 Å². The van der Waals surface area contributed by atoms with Crippen molar-refractivity contribution in [3.05, 3.63) is 0 Å². The predicted octanol–water partition coefficient (Wildman–Crippen LogP) is 1.69. The lowest BCUT2D eigenvalue weighted by Gasteiger charge is -2.33. The first kappa shape index (κ1) is 15.4. The van der Waals surface area contributed by atoms with Crippen molar-refractivity contribution in [1.29, 1.82) is 0 Å². The molecule has 1 fully saturated rings. The Labute approximate surface area is 111 Å². The second kappa shape index (κ2) is 7.10. The highest BCUT2D eigenvalue weighted by Crippen LogP contribution is 2.20. The van der Waals surface area contributed by atoms with Gasteiger partial charge in [-0.3, -0.25) is 4.79 Å². The zero-order valence-electron chi connectivity index (χ0n) is 12.3. The molecule has 0 radical (unpaired) electrons. The molecular formula is C14H28N2O2. The van der Waals surface area contributed by atoms with E-state index < -0.39 is 0 Å². The zero-order valence-corrected chi connectivity index (χ0v) is 12.3. The van der Waals surface area contributed by atoms with Crippen LogP contribution in [0.15, 0.2) is 0 Å². The molecule has 0 aromatic heterocycles. The molecule has 0 aliphatic carbocycles. The first-order chi connectivity index (χ1) is 8.40. The molecule has 0 saturated carbocycles. The van der Waals surface area contributed by atoms with Crippen LogP contribution in [-0.4, -0.2) is 36.7 Å². The molecule has 1 rings (SSSR count). The number of rotatable bonds is 5. The highest BCUT2D eigenvalue weighted by molar-refractivity contribution is 5.81. The molecule has 0 aromatic rings. The second-order valence-corrected chi connectivity index (χ2v) is 5.93. The maximum absolute atomic E-state index is 11.8.